The maximum absolute atomic E-state index is 12.1. The van der Waals surface area contributed by atoms with Crippen molar-refractivity contribution in [3.63, 3.8) is 0 Å². The number of carbonyl (C=O) groups is 1. The average molecular weight is 393 g/mol. The second-order valence-corrected chi connectivity index (χ2v) is 7.01. The molecular weight excluding hydrogens is 378 g/mol. The second kappa shape index (κ2) is 9.74. The van der Waals surface area contributed by atoms with E-state index in [0.29, 0.717) is 10.8 Å². The molecule has 0 fully saturated rings. The molecule has 2 aromatic rings. The molecule has 0 heterocycles. The van der Waals surface area contributed by atoms with Crippen molar-refractivity contribution in [2.45, 2.75) is 18.9 Å². The molecule has 0 radical (unpaired) electrons. The van der Waals surface area contributed by atoms with Gasteiger partial charge in [-0.3, -0.25) is 0 Å². The van der Waals surface area contributed by atoms with Crippen LogP contribution < -0.4 is 39.2 Å². The summed E-state index contributed by atoms with van der Waals surface area (Å²) in [7, 11) is -4.95. The Hall–Kier alpha value is -0.850. The summed E-state index contributed by atoms with van der Waals surface area (Å²) in [5.41, 5.74) is 0.144. The zero-order valence-electron chi connectivity index (χ0n) is 13.7. The number of hydrogen-bond donors (Lipinski definition) is 1. The van der Waals surface area contributed by atoms with Crippen LogP contribution in [0.15, 0.2) is 54.6 Å². The monoisotopic (exact) mass is 392 g/mol. The summed E-state index contributed by atoms with van der Waals surface area (Å²) in [6, 6.07) is 14.0. The third-order valence-corrected chi connectivity index (χ3v) is 4.32. The van der Waals surface area contributed by atoms with Gasteiger partial charge in [0.1, 0.15) is 5.75 Å². The van der Waals surface area contributed by atoms with Crippen LogP contribution in [0.25, 0.3) is 0 Å². The fraction of sp³-hybridized carbons (Fsp3) is 0.188. The van der Waals surface area contributed by atoms with Gasteiger partial charge in [-0.1, -0.05) is 41.9 Å². The molecule has 0 saturated carbocycles. The van der Waals surface area contributed by atoms with Crippen LogP contribution >= 0.6 is 19.2 Å². The van der Waals surface area contributed by atoms with Gasteiger partial charge in [0, 0.05) is 10.6 Å². The summed E-state index contributed by atoms with van der Waals surface area (Å²) in [6.07, 6.45) is -1.08. The van der Waals surface area contributed by atoms with E-state index >= 15 is 0 Å². The van der Waals surface area contributed by atoms with Gasteiger partial charge < -0.3 is 23.8 Å². The van der Waals surface area contributed by atoms with Crippen molar-refractivity contribution in [3.8, 4) is 5.75 Å². The van der Waals surface area contributed by atoms with Gasteiger partial charge >= 0.3 is 35.5 Å². The van der Waals surface area contributed by atoms with Gasteiger partial charge in [-0.05, 0) is 31.2 Å². The molecule has 3 unspecified atom stereocenters. The smallest absolute Gasteiger partial charge is 0.776 e. The van der Waals surface area contributed by atoms with Crippen molar-refractivity contribution >= 4 is 25.2 Å². The maximum Gasteiger partial charge on any atom is 1.00 e. The molecule has 2 aromatic carbocycles. The van der Waals surface area contributed by atoms with Crippen LogP contribution in [-0.2, 0) is 14.1 Å². The predicted octanol–water partition coefficient (Wildman–Crippen LogP) is -0.101. The first-order chi connectivity index (χ1) is 11.3. The normalized spacial score (nSPS) is 15.2. The number of rotatable bonds is 6. The third kappa shape index (κ3) is 6.76. The Morgan fingerprint density at radius 1 is 1.16 bits per heavy atom. The fourth-order valence-electron chi connectivity index (χ4n) is 1.91. The Kier molecular flexibility index (Phi) is 8.64. The molecule has 25 heavy (non-hydrogen) atoms. The number of hydrogen-bond acceptors (Lipinski definition) is 5. The Morgan fingerprint density at radius 3 is 2.24 bits per heavy atom. The molecule has 0 aromatic heterocycles. The first-order valence-electron chi connectivity index (χ1n) is 6.98. The van der Waals surface area contributed by atoms with Crippen LogP contribution in [0.4, 0.5) is 0 Å². The molecule has 0 amide bonds. The first-order valence-corrected chi connectivity index (χ1v) is 9.01. The molecule has 9 heteroatoms. The summed E-state index contributed by atoms with van der Waals surface area (Å²) in [5.74, 6) is -2.35. The summed E-state index contributed by atoms with van der Waals surface area (Å²) in [6.45, 7) is 1.41. The van der Waals surface area contributed by atoms with Crippen LogP contribution in [0.3, 0.4) is 0 Å². The molecule has 1 N–H and O–H groups in total. The van der Waals surface area contributed by atoms with E-state index in [9.17, 15) is 19.1 Å². The van der Waals surface area contributed by atoms with Crippen molar-refractivity contribution < 1.29 is 58.2 Å². The van der Waals surface area contributed by atoms with Crippen molar-refractivity contribution in [1.82, 2.24) is 0 Å². The van der Waals surface area contributed by atoms with Crippen LogP contribution in [-0.4, -0.2) is 17.0 Å². The molecule has 6 nitrogen and oxygen atoms in total. The number of esters is 1. The molecule has 0 bridgehead atoms. The molecule has 0 aliphatic heterocycles. The molecule has 2 rings (SSSR count). The molecule has 0 spiro atoms. The molecule has 0 aliphatic rings. The van der Waals surface area contributed by atoms with Gasteiger partial charge in [0.15, 0.2) is 19.5 Å². The largest absolute Gasteiger partial charge is 1.00 e. The summed E-state index contributed by atoms with van der Waals surface area (Å²) < 4.78 is 21.9. The molecular formula is C16H15ClNaO6P. The maximum atomic E-state index is 12.1. The van der Waals surface area contributed by atoms with Crippen LogP contribution in [0, 0.1) is 0 Å². The average Bonchev–Trinajstić information content (AvgIpc) is 2.54. The van der Waals surface area contributed by atoms with E-state index in [1.54, 1.807) is 42.5 Å². The van der Waals surface area contributed by atoms with E-state index < -0.39 is 25.5 Å². The minimum Gasteiger partial charge on any atom is -0.776 e. The van der Waals surface area contributed by atoms with E-state index in [4.69, 9.17) is 21.1 Å². The van der Waals surface area contributed by atoms with Gasteiger partial charge in [-0.25, -0.2) is 4.79 Å². The van der Waals surface area contributed by atoms with Gasteiger partial charge in [0.25, 0.3) is 0 Å². The first kappa shape index (κ1) is 22.2. The Labute approximate surface area is 172 Å². The predicted molar refractivity (Wildman–Crippen MR) is 86.6 cm³/mol. The quantitative estimate of drug-likeness (QED) is 0.419. The Morgan fingerprint density at radius 2 is 1.72 bits per heavy atom. The fourth-order valence-corrected chi connectivity index (χ4v) is 2.82. The topological polar surface area (TPSA) is 95.9 Å². The van der Waals surface area contributed by atoms with Crippen molar-refractivity contribution in [2.75, 3.05) is 0 Å². The van der Waals surface area contributed by atoms with Crippen molar-refractivity contribution in [2.24, 2.45) is 0 Å². The summed E-state index contributed by atoms with van der Waals surface area (Å²) in [5, 5.41) is 0.509. The van der Waals surface area contributed by atoms with Gasteiger partial charge in [0.05, 0.1) is 0 Å². The van der Waals surface area contributed by atoms with Crippen LogP contribution in [0.1, 0.15) is 18.3 Å². The molecule has 0 aliphatic carbocycles. The number of halogens is 1. The zero-order chi connectivity index (χ0) is 17.7. The van der Waals surface area contributed by atoms with E-state index in [-0.39, 0.29) is 35.1 Å². The second-order valence-electron chi connectivity index (χ2n) is 4.98. The third-order valence-electron chi connectivity index (χ3n) is 3.07. The van der Waals surface area contributed by atoms with E-state index in [2.05, 4.69) is 0 Å². The molecule has 3 atom stereocenters. The SMILES string of the molecule is CC(Oc1ccc(Cl)cc1)C(=O)OC(c1ccccc1)P(=O)([O-])O.[Na+]. The van der Waals surface area contributed by atoms with Gasteiger partial charge in [-0.2, -0.15) is 0 Å². The van der Waals surface area contributed by atoms with E-state index in [0.717, 1.165) is 0 Å². The zero-order valence-corrected chi connectivity index (χ0v) is 17.3. The number of ether oxygens (including phenoxy) is 2. The minimum atomic E-state index is -4.95. The Bertz CT molecular complexity index is 734. The summed E-state index contributed by atoms with van der Waals surface area (Å²) >= 11 is 5.76. The van der Waals surface area contributed by atoms with Gasteiger partial charge in [0.2, 0.25) is 0 Å². The van der Waals surface area contributed by atoms with Crippen molar-refractivity contribution in [3.05, 3.63) is 65.2 Å². The molecule has 0 saturated heterocycles. The van der Waals surface area contributed by atoms with Crippen LogP contribution in [0.2, 0.25) is 5.02 Å². The summed E-state index contributed by atoms with van der Waals surface area (Å²) in [4.78, 5) is 33.0. The van der Waals surface area contributed by atoms with E-state index in [1.165, 1.54) is 19.1 Å². The van der Waals surface area contributed by atoms with Gasteiger partial charge in [-0.15, -0.1) is 0 Å². The number of benzene rings is 2. The standard InChI is InChI=1S/C16H16ClO6P.Na/c1-11(22-14-9-7-13(17)8-10-14)15(18)23-16(24(19,20)21)12-5-3-2-4-6-12;/h2-11,16H,1H3,(H2,19,20,21);/q;+1/p-1. The van der Waals surface area contributed by atoms with Crippen LogP contribution in [0.5, 0.6) is 5.75 Å². The van der Waals surface area contributed by atoms with E-state index in [1.807, 2.05) is 0 Å². The minimum absolute atomic E-state index is 0. The number of carbonyl (C=O) groups excluding carboxylic acids is 1. The van der Waals surface area contributed by atoms with Crippen molar-refractivity contribution in [1.29, 1.82) is 0 Å². The Balaban J connectivity index is 0.00000312. The molecule has 128 valence electrons.